The average Bonchev–Trinajstić information content (AvgIpc) is 3.41. The fourth-order valence-corrected chi connectivity index (χ4v) is 4.33. The van der Waals surface area contributed by atoms with Crippen LogP contribution in [-0.4, -0.2) is 69.7 Å². The van der Waals surface area contributed by atoms with Gasteiger partial charge in [0.15, 0.2) is 5.82 Å². The number of rotatable bonds is 4. The molecule has 1 aromatic heterocycles. The van der Waals surface area contributed by atoms with Gasteiger partial charge in [-0.15, -0.1) is 5.10 Å². The van der Waals surface area contributed by atoms with Crippen molar-refractivity contribution in [2.75, 3.05) is 26.3 Å². The normalized spacial score (nSPS) is 31.6. The summed E-state index contributed by atoms with van der Waals surface area (Å²) in [6, 6.07) is 8.38. The lowest BCUT2D eigenvalue weighted by molar-refractivity contribution is 0.0629. The van der Waals surface area contributed by atoms with E-state index in [4.69, 9.17) is 15.2 Å². The van der Waals surface area contributed by atoms with Gasteiger partial charge in [0.05, 0.1) is 19.3 Å². The number of hydrogen-bond acceptors (Lipinski definition) is 7. The largest absolute Gasteiger partial charge is 0.371 e. The second kappa shape index (κ2) is 6.70. The van der Waals surface area contributed by atoms with Crippen molar-refractivity contribution in [2.45, 2.75) is 43.7 Å². The lowest BCUT2D eigenvalue weighted by Crippen LogP contribution is -2.36. The van der Waals surface area contributed by atoms with E-state index in [-0.39, 0.29) is 24.3 Å². The van der Waals surface area contributed by atoms with Crippen LogP contribution in [0, 0.1) is 0 Å². The van der Waals surface area contributed by atoms with Crippen LogP contribution in [0.5, 0.6) is 0 Å². The maximum absolute atomic E-state index is 6.07. The van der Waals surface area contributed by atoms with E-state index < -0.39 is 0 Å². The summed E-state index contributed by atoms with van der Waals surface area (Å²) in [5, 5.41) is 12.4. The van der Waals surface area contributed by atoms with Gasteiger partial charge >= 0.3 is 0 Å². The van der Waals surface area contributed by atoms with Crippen LogP contribution in [0.1, 0.15) is 24.4 Å². The van der Waals surface area contributed by atoms with Gasteiger partial charge in [-0.3, -0.25) is 4.90 Å². The summed E-state index contributed by atoms with van der Waals surface area (Å²) in [6.07, 6.45) is 2.44. The van der Waals surface area contributed by atoms with Gasteiger partial charge in [-0.2, -0.15) is 0 Å². The van der Waals surface area contributed by atoms with Crippen LogP contribution in [-0.2, 0) is 16.0 Å². The highest BCUT2D eigenvalue weighted by molar-refractivity contribution is 5.56. The summed E-state index contributed by atoms with van der Waals surface area (Å²) in [7, 11) is 0. The minimum atomic E-state index is -0.0833. The minimum Gasteiger partial charge on any atom is -0.371 e. The average molecular weight is 356 g/mol. The number of aromatic nitrogens is 4. The van der Waals surface area contributed by atoms with E-state index in [1.165, 1.54) is 31.5 Å². The van der Waals surface area contributed by atoms with E-state index in [2.05, 4.69) is 44.7 Å². The van der Waals surface area contributed by atoms with Gasteiger partial charge in [0.2, 0.25) is 0 Å². The van der Waals surface area contributed by atoms with Gasteiger partial charge in [0.1, 0.15) is 18.2 Å². The number of tetrazole rings is 1. The number of nitrogens with zero attached hydrogens (tertiary/aromatic N) is 5. The molecule has 0 aliphatic carbocycles. The summed E-state index contributed by atoms with van der Waals surface area (Å²) >= 11 is 0. The van der Waals surface area contributed by atoms with Crippen molar-refractivity contribution in [1.82, 2.24) is 25.1 Å². The molecule has 3 aliphatic heterocycles. The first-order valence-corrected chi connectivity index (χ1v) is 9.38. The van der Waals surface area contributed by atoms with Crippen molar-refractivity contribution >= 4 is 0 Å². The second-order valence-electron chi connectivity index (χ2n) is 7.46. The molecule has 3 fully saturated rings. The van der Waals surface area contributed by atoms with Gasteiger partial charge in [-0.1, -0.05) is 18.2 Å². The van der Waals surface area contributed by atoms with Crippen molar-refractivity contribution in [3.63, 3.8) is 0 Å². The van der Waals surface area contributed by atoms with Gasteiger partial charge in [-0.25, -0.2) is 4.68 Å². The molecule has 26 heavy (non-hydrogen) atoms. The van der Waals surface area contributed by atoms with Gasteiger partial charge in [0.25, 0.3) is 0 Å². The Bertz CT molecular complexity index is 775. The number of fused-ring (bicyclic) bond motifs is 1. The Morgan fingerprint density at radius 1 is 1.12 bits per heavy atom. The van der Waals surface area contributed by atoms with Gasteiger partial charge in [0, 0.05) is 12.1 Å². The van der Waals surface area contributed by atoms with Crippen LogP contribution in [0.25, 0.3) is 11.4 Å². The van der Waals surface area contributed by atoms with Crippen molar-refractivity contribution < 1.29 is 9.47 Å². The Hall–Kier alpha value is -1.87. The Kier molecular flexibility index (Phi) is 4.20. The summed E-state index contributed by atoms with van der Waals surface area (Å²) in [4.78, 5) is 2.49. The zero-order valence-electron chi connectivity index (χ0n) is 14.7. The van der Waals surface area contributed by atoms with Crippen LogP contribution in [0.4, 0.5) is 0 Å². The molecule has 0 saturated carbocycles. The molecule has 138 valence electrons. The molecule has 4 heterocycles. The predicted molar refractivity (Wildman–Crippen MR) is 94.3 cm³/mol. The number of nitrogens with two attached hydrogens (primary N) is 1. The topological polar surface area (TPSA) is 91.3 Å². The highest BCUT2D eigenvalue weighted by Crippen LogP contribution is 2.35. The van der Waals surface area contributed by atoms with Crippen molar-refractivity contribution in [3.8, 4) is 11.4 Å². The molecule has 0 bridgehead atoms. The third-order valence-corrected chi connectivity index (χ3v) is 5.66. The van der Waals surface area contributed by atoms with E-state index in [1.54, 1.807) is 0 Å². The molecule has 1 aromatic carbocycles. The molecule has 4 unspecified atom stereocenters. The zero-order chi connectivity index (χ0) is 17.5. The third-order valence-electron chi connectivity index (χ3n) is 5.66. The van der Waals surface area contributed by atoms with E-state index in [9.17, 15) is 0 Å². The molecule has 8 heteroatoms. The fraction of sp³-hybridized carbons (Fsp3) is 0.611. The first-order chi connectivity index (χ1) is 12.8. The Morgan fingerprint density at radius 3 is 2.85 bits per heavy atom. The smallest absolute Gasteiger partial charge is 0.182 e. The highest BCUT2D eigenvalue weighted by Gasteiger charge is 2.48. The van der Waals surface area contributed by atoms with Gasteiger partial charge < -0.3 is 15.2 Å². The Labute approximate surface area is 152 Å². The van der Waals surface area contributed by atoms with E-state index in [1.807, 2.05) is 4.68 Å². The summed E-state index contributed by atoms with van der Waals surface area (Å²) in [6.45, 7) is 4.39. The molecule has 2 aromatic rings. The molecule has 0 amide bonds. The summed E-state index contributed by atoms with van der Waals surface area (Å²) in [5.41, 5.74) is 8.38. The first kappa shape index (κ1) is 16.3. The fourth-order valence-electron chi connectivity index (χ4n) is 4.33. The SMILES string of the molecule is NC1COC2C1OCC2n1nnnc1-c1cccc(CN2CCCC2)c1. The molecule has 0 radical (unpaired) electrons. The molecular formula is C18H24N6O2. The van der Waals surface area contributed by atoms with Crippen molar-refractivity contribution in [2.24, 2.45) is 5.73 Å². The molecule has 2 N–H and O–H groups in total. The molecular weight excluding hydrogens is 332 g/mol. The van der Waals surface area contributed by atoms with Crippen LogP contribution in [0.3, 0.4) is 0 Å². The number of benzene rings is 1. The second-order valence-corrected chi connectivity index (χ2v) is 7.46. The van der Waals surface area contributed by atoms with Crippen LogP contribution in [0.15, 0.2) is 24.3 Å². The molecule has 3 aliphatic rings. The van der Waals surface area contributed by atoms with Crippen molar-refractivity contribution in [1.29, 1.82) is 0 Å². The maximum atomic E-state index is 6.07. The molecule has 4 atom stereocenters. The summed E-state index contributed by atoms with van der Waals surface area (Å²) < 4.78 is 13.6. The Morgan fingerprint density at radius 2 is 1.96 bits per heavy atom. The summed E-state index contributed by atoms with van der Waals surface area (Å²) in [5.74, 6) is 0.756. The first-order valence-electron chi connectivity index (χ1n) is 9.38. The lowest BCUT2D eigenvalue weighted by atomic mass is 10.1. The highest BCUT2D eigenvalue weighted by atomic mass is 16.6. The van der Waals surface area contributed by atoms with E-state index in [0.29, 0.717) is 13.2 Å². The third kappa shape index (κ3) is 2.83. The number of likely N-dealkylation sites (tertiary alicyclic amines) is 1. The quantitative estimate of drug-likeness (QED) is 0.858. The standard InChI is InChI=1S/C18H24N6O2/c19-14-10-25-17-15(11-26-16(14)17)24-18(20-21-22-24)13-5-3-4-12(8-13)9-23-6-1-2-7-23/h3-5,8,14-17H,1-2,6-7,9-11,19H2. The number of hydrogen-bond donors (Lipinski definition) is 1. The van der Waals surface area contributed by atoms with E-state index in [0.717, 1.165) is 17.9 Å². The number of ether oxygens (including phenoxy) is 2. The predicted octanol–water partition coefficient (Wildman–Crippen LogP) is 0.602. The van der Waals surface area contributed by atoms with Crippen LogP contribution >= 0.6 is 0 Å². The molecule has 8 nitrogen and oxygen atoms in total. The van der Waals surface area contributed by atoms with Crippen LogP contribution < -0.4 is 5.73 Å². The maximum Gasteiger partial charge on any atom is 0.182 e. The monoisotopic (exact) mass is 356 g/mol. The van der Waals surface area contributed by atoms with E-state index >= 15 is 0 Å². The lowest BCUT2D eigenvalue weighted by Gasteiger charge is -2.18. The molecule has 3 saturated heterocycles. The van der Waals surface area contributed by atoms with Crippen molar-refractivity contribution in [3.05, 3.63) is 29.8 Å². The molecule has 0 spiro atoms. The van der Waals surface area contributed by atoms with Gasteiger partial charge in [-0.05, 0) is 48.0 Å². The zero-order valence-corrected chi connectivity index (χ0v) is 14.7. The van der Waals surface area contributed by atoms with Crippen LogP contribution in [0.2, 0.25) is 0 Å². The minimum absolute atomic E-state index is 0.0409. The Balaban J connectivity index is 1.41. The molecule has 5 rings (SSSR count).